The highest BCUT2D eigenvalue weighted by Gasteiger charge is 2.23. The van der Waals surface area contributed by atoms with Crippen molar-refractivity contribution in [1.82, 2.24) is 14.5 Å². The minimum absolute atomic E-state index is 0. The van der Waals surface area contributed by atoms with Gasteiger partial charge >= 0.3 is 0 Å². The van der Waals surface area contributed by atoms with Crippen LogP contribution in [0.3, 0.4) is 0 Å². The summed E-state index contributed by atoms with van der Waals surface area (Å²) in [6, 6.07) is 3.50. The topological polar surface area (TPSA) is 94.2 Å². The number of aromatic nitrogens is 3. The first-order chi connectivity index (χ1) is 10.3. The molecule has 3 heterocycles. The highest BCUT2D eigenvalue weighted by molar-refractivity contribution is 5.98. The molecule has 0 spiro atoms. The fourth-order valence-corrected chi connectivity index (χ4v) is 2.41. The zero-order valence-corrected chi connectivity index (χ0v) is 12.4. The van der Waals surface area contributed by atoms with E-state index in [1.165, 1.54) is 12.6 Å². The molecule has 0 unspecified atom stereocenters. The van der Waals surface area contributed by atoms with Crippen molar-refractivity contribution in [3.05, 3.63) is 46.5 Å². The van der Waals surface area contributed by atoms with Gasteiger partial charge in [0.2, 0.25) is 5.69 Å². The third-order valence-electron chi connectivity index (χ3n) is 3.27. The van der Waals surface area contributed by atoms with Crippen LogP contribution in [0.1, 0.15) is 6.42 Å². The van der Waals surface area contributed by atoms with E-state index >= 15 is 0 Å². The van der Waals surface area contributed by atoms with Gasteiger partial charge < -0.3 is 19.7 Å². The van der Waals surface area contributed by atoms with Gasteiger partial charge in [-0.25, -0.2) is 9.83 Å². The number of halogens is 1. The number of nitrogens with one attached hydrogen (secondary N) is 1. The number of hydrogen-bond acceptors (Lipinski definition) is 4. The molecule has 3 N–H and O–H groups in total. The van der Waals surface area contributed by atoms with Crippen LogP contribution in [0.2, 0.25) is 0 Å². The van der Waals surface area contributed by atoms with E-state index in [2.05, 4.69) is 14.8 Å². The summed E-state index contributed by atoms with van der Waals surface area (Å²) < 4.78 is 7.18. The Labute approximate surface area is 132 Å². The van der Waals surface area contributed by atoms with E-state index in [4.69, 9.17) is 16.7 Å². The first-order valence-electron chi connectivity index (χ1n) is 6.49. The molecule has 0 fully saturated rings. The zero-order valence-electron chi connectivity index (χ0n) is 11.6. The Kier molecular flexibility index (Phi) is 4.65. The van der Waals surface area contributed by atoms with Gasteiger partial charge in [-0.15, -0.1) is 12.4 Å². The van der Waals surface area contributed by atoms with E-state index in [0.29, 0.717) is 47.7 Å². The van der Waals surface area contributed by atoms with Crippen molar-refractivity contribution in [3.8, 4) is 11.5 Å². The summed E-state index contributed by atoms with van der Waals surface area (Å²) in [6.07, 6.45) is 3.52. The Balaban J connectivity index is 0.00000176. The fraction of sp³-hybridized carbons (Fsp3) is 0.214. The summed E-state index contributed by atoms with van der Waals surface area (Å²) in [5.41, 5.74) is 6.95. The molecule has 0 aliphatic heterocycles. The number of rotatable bonds is 4. The van der Waals surface area contributed by atoms with Crippen LogP contribution in [-0.4, -0.2) is 21.1 Å². The predicted molar refractivity (Wildman–Crippen MR) is 85.2 cm³/mol. The van der Waals surface area contributed by atoms with Crippen LogP contribution in [0.15, 0.2) is 33.9 Å². The van der Waals surface area contributed by atoms with Crippen molar-refractivity contribution in [2.45, 2.75) is 13.0 Å². The molecule has 3 aromatic heterocycles. The van der Waals surface area contributed by atoms with Crippen molar-refractivity contribution in [2.75, 3.05) is 6.54 Å². The maximum absolute atomic E-state index is 12.1. The molecule has 0 radical (unpaired) electrons. The molecule has 8 heteroatoms. The van der Waals surface area contributed by atoms with E-state index in [0.717, 1.165) is 0 Å². The third-order valence-corrected chi connectivity index (χ3v) is 3.27. The zero-order chi connectivity index (χ0) is 14.8. The Bertz CT molecular complexity index is 873. The SMILES string of the molecule is Cl.[C-]#[N+]c1c(-c2ccco2)n(CCCN)c2c(=O)[nH]cnc12. The molecule has 0 aliphatic rings. The Hall–Kier alpha value is -2.56. The third kappa shape index (κ3) is 2.39. The molecule has 22 heavy (non-hydrogen) atoms. The van der Waals surface area contributed by atoms with Crippen molar-refractivity contribution in [3.63, 3.8) is 0 Å². The van der Waals surface area contributed by atoms with Crippen LogP contribution in [0.5, 0.6) is 0 Å². The summed E-state index contributed by atoms with van der Waals surface area (Å²) in [7, 11) is 0. The molecule has 7 nitrogen and oxygen atoms in total. The van der Waals surface area contributed by atoms with Crippen molar-refractivity contribution in [1.29, 1.82) is 0 Å². The van der Waals surface area contributed by atoms with Gasteiger partial charge in [-0.05, 0) is 25.1 Å². The van der Waals surface area contributed by atoms with Gasteiger partial charge in [0, 0.05) is 6.54 Å². The molecule has 0 saturated heterocycles. The second-order valence-electron chi connectivity index (χ2n) is 4.51. The summed E-state index contributed by atoms with van der Waals surface area (Å²) in [5, 5.41) is 0. The lowest BCUT2D eigenvalue weighted by molar-refractivity contribution is 0.571. The number of nitrogens with zero attached hydrogens (tertiary/aromatic N) is 3. The van der Waals surface area contributed by atoms with Gasteiger partial charge in [0.05, 0.1) is 24.9 Å². The highest BCUT2D eigenvalue weighted by atomic mass is 35.5. The molecule has 0 amide bonds. The Morgan fingerprint density at radius 2 is 2.32 bits per heavy atom. The van der Waals surface area contributed by atoms with Crippen LogP contribution < -0.4 is 11.3 Å². The first-order valence-corrected chi connectivity index (χ1v) is 6.49. The standard InChI is InChI=1S/C14H13N5O2.ClH/c1-16-10-11-13(14(20)18-8-17-11)19(6-3-5-15)12(10)9-4-2-7-21-9;/h2,4,7-8H,3,5-6,15H2,(H,17,18,20);1H. The van der Waals surface area contributed by atoms with Crippen LogP contribution in [0.25, 0.3) is 27.3 Å². The smallest absolute Gasteiger partial charge is 0.273 e. The van der Waals surface area contributed by atoms with E-state index < -0.39 is 0 Å². The van der Waals surface area contributed by atoms with E-state index in [9.17, 15) is 4.79 Å². The second-order valence-corrected chi connectivity index (χ2v) is 4.51. The monoisotopic (exact) mass is 319 g/mol. The molecule has 3 aromatic rings. The summed E-state index contributed by atoms with van der Waals surface area (Å²) in [6.45, 7) is 8.43. The van der Waals surface area contributed by atoms with Crippen LogP contribution in [0.4, 0.5) is 5.69 Å². The van der Waals surface area contributed by atoms with Gasteiger partial charge in [0.1, 0.15) is 16.8 Å². The predicted octanol–water partition coefficient (Wildman–Crippen LogP) is 2.31. The number of aromatic amines is 1. The van der Waals surface area contributed by atoms with Crippen LogP contribution in [-0.2, 0) is 6.54 Å². The maximum Gasteiger partial charge on any atom is 0.273 e. The molecule has 3 rings (SSSR count). The minimum atomic E-state index is -0.278. The normalized spacial score (nSPS) is 10.4. The van der Waals surface area contributed by atoms with Crippen molar-refractivity contribution in [2.24, 2.45) is 5.73 Å². The summed E-state index contributed by atoms with van der Waals surface area (Å²) >= 11 is 0. The summed E-state index contributed by atoms with van der Waals surface area (Å²) in [4.78, 5) is 22.4. The van der Waals surface area contributed by atoms with E-state index in [1.807, 2.05) is 0 Å². The molecule has 114 valence electrons. The molecule has 0 bridgehead atoms. The lowest BCUT2D eigenvalue weighted by Crippen LogP contribution is -2.13. The van der Waals surface area contributed by atoms with Gasteiger partial charge in [-0.1, -0.05) is 0 Å². The lowest BCUT2D eigenvalue weighted by Gasteiger charge is -2.08. The molecular weight excluding hydrogens is 306 g/mol. The number of H-pyrrole nitrogens is 1. The lowest BCUT2D eigenvalue weighted by atomic mass is 10.2. The van der Waals surface area contributed by atoms with Gasteiger partial charge in [0.25, 0.3) is 5.56 Å². The van der Waals surface area contributed by atoms with E-state index in [-0.39, 0.29) is 18.0 Å². The molecule has 0 saturated carbocycles. The fourth-order valence-electron chi connectivity index (χ4n) is 2.41. The Morgan fingerprint density at radius 1 is 1.50 bits per heavy atom. The second kappa shape index (κ2) is 6.47. The van der Waals surface area contributed by atoms with Crippen molar-refractivity contribution < 1.29 is 4.42 Å². The van der Waals surface area contributed by atoms with Crippen molar-refractivity contribution >= 4 is 29.1 Å². The number of aryl methyl sites for hydroxylation is 1. The first kappa shape index (κ1) is 15.8. The number of nitrogens with two attached hydrogens (primary N) is 1. The maximum atomic E-state index is 12.1. The molecule has 0 aromatic carbocycles. The Morgan fingerprint density at radius 3 is 2.95 bits per heavy atom. The van der Waals surface area contributed by atoms with Gasteiger partial charge in [0.15, 0.2) is 0 Å². The van der Waals surface area contributed by atoms with Gasteiger partial charge in [-0.2, -0.15) is 0 Å². The number of fused-ring (bicyclic) bond motifs is 1. The van der Waals surface area contributed by atoms with Crippen LogP contribution in [0, 0.1) is 6.57 Å². The average Bonchev–Trinajstić information content (AvgIpc) is 3.10. The molecule has 0 aliphatic carbocycles. The van der Waals surface area contributed by atoms with Gasteiger partial charge in [-0.3, -0.25) is 4.79 Å². The molecular formula is C14H14ClN5O2. The minimum Gasteiger partial charge on any atom is -0.464 e. The highest BCUT2D eigenvalue weighted by Crippen LogP contribution is 2.38. The molecule has 0 atom stereocenters. The largest absolute Gasteiger partial charge is 0.464 e. The summed E-state index contributed by atoms with van der Waals surface area (Å²) in [5.74, 6) is 0.537. The average molecular weight is 320 g/mol. The quantitative estimate of drug-likeness (QED) is 0.721. The number of hydrogen-bond donors (Lipinski definition) is 2. The van der Waals surface area contributed by atoms with Crippen LogP contribution >= 0.6 is 12.4 Å². The number of furan rings is 1. The van der Waals surface area contributed by atoms with E-state index in [1.54, 1.807) is 16.7 Å².